The number of halogens is 2. The molecular formula is C12H23Cl2N5O2. The van der Waals surface area contributed by atoms with Gasteiger partial charge in [-0.1, -0.05) is 0 Å². The number of nitrogens with two attached hydrogens (primary N) is 1. The maximum absolute atomic E-state index is 11.9. The second-order valence-electron chi connectivity index (χ2n) is 5.60. The van der Waals surface area contributed by atoms with Gasteiger partial charge in [0, 0.05) is 0 Å². The molecule has 9 heteroatoms. The second-order valence-corrected chi connectivity index (χ2v) is 5.60. The van der Waals surface area contributed by atoms with Crippen LogP contribution in [0.15, 0.2) is 4.79 Å². The first-order valence-corrected chi connectivity index (χ1v) is 6.35. The Labute approximate surface area is 136 Å². The highest BCUT2D eigenvalue weighted by atomic mass is 35.5. The summed E-state index contributed by atoms with van der Waals surface area (Å²) in [4.78, 5) is 18.4. The topological polar surface area (TPSA) is 105 Å². The van der Waals surface area contributed by atoms with Gasteiger partial charge in [-0.2, -0.15) is 4.98 Å². The van der Waals surface area contributed by atoms with Crippen molar-refractivity contribution in [3.63, 3.8) is 0 Å². The Morgan fingerprint density at radius 2 is 2.00 bits per heavy atom. The van der Waals surface area contributed by atoms with Gasteiger partial charge in [0.05, 0.1) is 24.3 Å². The van der Waals surface area contributed by atoms with E-state index in [9.17, 15) is 4.79 Å². The SMILES string of the molecule is CC(C)OCC1Nc2c(nc(N)[nH]c2=O)NC1(C)C.Cl.Cl. The summed E-state index contributed by atoms with van der Waals surface area (Å²) in [5, 5.41) is 6.43. The van der Waals surface area contributed by atoms with Crippen LogP contribution < -0.4 is 21.9 Å². The predicted octanol–water partition coefficient (Wildman–Crippen LogP) is 1.61. The number of H-pyrrole nitrogens is 1. The van der Waals surface area contributed by atoms with Crippen LogP contribution in [-0.4, -0.2) is 34.3 Å². The molecule has 0 saturated carbocycles. The van der Waals surface area contributed by atoms with Gasteiger partial charge in [0.25, 0.3) is 5.56 Å². The van der Waals surface area contributed by atoms with Crippen LogP contribution in [0, 0.1) is 0 Å². The van der Waals surface area contributed by atoms with Gasteiger partial charge in [-0.3, -0.25) is 9.78 Å². The van der Waals surface area contributed by atoms with Crippen molar-refractivity contribution in [1.82, 2.24) is 9.97 Å². The molecule has 0 aromatic carbocycles. The highest BCUT2D eigenvalue weighted by molar-refractivity contribution is 5.85. The molecule has 1 atom stereocenters. The molecule has 2 heterocycles. The number of ether oxygens (including phenoxy) is 1. The zero-order valence-electron chi connectivity index (χ0n) is 12.5. The number of nitrogen functional groups attached to an aromatic ring is 1. The average Bonchev–Trinajstić information content (AvgIpc) is 2.24. The number of nitrogens with zero attached hydrogens (tertiary/aromatic N) is 1. The van der Waals surface area contributed by atoms with Crippen molar-refractivity contribution in [2.24, 2.45) is 0 Å². The van der Waals surface area contributed by atoms with Gasteiger partial charge in [0.1, 0.15) is 5.69 Å². The molecule has 0 saturated heterocycles. The first-order valence-electron chi connectivity index (χ1n) is 6.35. The molecule has 0 amide bonds. The predicted molar refractivity (Wildman–Crippen MR) is 90.0 cm³/mol. The molecule has 1 aliphatic heterocycles. The lowest BCUT2D eigenvalue weighted by Gasteiger charge is -2.41. The lowest BCUT2D eigenvalue weighted by atomic mass is 9.92. The third-order valence-electron chi connectivity index (χ3n) is 3.16. The van der Waals surface area contributed by atoms with Crippen LogP contribution in [0.25, 0.3) is 0 Å². The van der Waals surface area contributed by atoms with E-state index in [4.69, 9.17) is 10.5 Å². The molecule has 7 nitrogen and oxygen atoms in total. The standard InChI is InChI=1S/C12H21N5O2.2ClH/c1-6(2)19-5-7-12(3,4)17-9-8(14-7)10(18)16-11(13)15-9;;/h6-7,14H,5H2,1-4H3,(H4,13,15,16,17,18);2*1H. The molecule has 0 radical (unpaired) electrons. The molecule has 0 aliphatic carbocycles. The van der Waals surface area contributed by atoms with Gasteiger partial charge >= 0.3 is 0 Å². The molecule has 122 valence electrons. The number of aromatic nitrogens is 2. The van der Waals surface area contributed by atoms with Crippen LogP contribution in [0.2, 0.25) is 0 Å². The molecule has 0 spiro atoms. The monoisotopic (exact) mass is 339 g/mol. The van der Waals surface area contributed by atoms with E-state index in [1.165, 1.54) is 0 Å². The first-order chi connectivity index (χ1) is 8.79. The fourth-order valence-electron chi connectivity index (χ4n) is 2.00. The van der Waals surface area contributed by atoms with E-state index in [1.807, 2.05) is 27.7 Å². The third-order valence-corrected chi connectivity index (χ3v) is 3.16. The molecule has 0 fully saturated rings. The van der Waals surface area contributed by atoms with Crippen LogP contribution in [0.1, 0.15) is 27.7 Å². The van der Waals surface area contributed by atoms with E-state index in [0.717, 1.165) is 0 Å². The van der Waals surface area contributed by atoms with Crippen LogP contribution in [0.3, 0.4) is 0 Å². The van der Waals surface area contributed by atoms with Crippen molar-refractivity contribution in [2.45, 2.75) is 45.4 Å². The summed E-state index contributed by atoms with van der Waals surface area (Å²) in [7, 11) is 0. The molecular weight excluding hydrogens is 317 g/mol. The molecule has 1 aromatic rings. The van der Waals surface area contributed by atoms with Crippen LogP contribution >= 0.6 is 24.8 Å². The second kappa shape index (κ2) is 7.20. The number of nitrogens with one attached hydrogen (secondary N) is 3. The maximum Gasteiger partial charge on any atom is 0.277 e. The molecule has 1 aromatic heterocycles. The zero-order valence-corrected chi connectivity index (χ0v) is 14.2. The minimum absolute atomic E-state index is 0. The summed E-state index contributed by atoms with van der Waals surface area (Å²) < 4.78 is 5.64. The third kappa shape index (κ3) is 4.39. The fraction of sp³-hybridized carbons (Fsp3) is 0.667. The Bertz CT molecular complexity index is 533. The number of hydrogen-bond acceptors (Lipinski definition) is 6. The van der Waals surface area contributed by atoms with Gasteiger partial charge in [0.15, 0.2) is 5.82 Å². The normalized spacial score (nSPS) is 18.6. The van der Waals surface area contributed by atoms with Gasteiger partial charge in [-0.25, -0.2) is 0 Å². The van der Waals surface area contributed by atoms with E-state index in [-0.39, 0.29) is 54.0 Å². The Hall–Kier alpha value is -1.18. The summed E-state index contributed by atoms with van der Waals surface area (Å²) >= 11 is 0. The smallest absolute Gasteiger partial charge is 0.277 e. The van der Waals surface area contributed by atoms with Crippen molar-refractivity contribution in [1.29, 1.82) is 0 Å². The van der Waals surface area contributed by atoms with Crippen molar-refractivity contribution in [2.75, 3.05) is 23.0 Å². The summed E-state index contributed by atoms with van der Waals surface area (Å²) in [5.41, 5.74) is 5.38. The number of rotatable bonds is 3. The Morgan fingerprint density at radius 1 is 1.38 bits per heavy atom. The van der Waals surface area contributed by atoms with E-state index in [1.54, 1.807) is 0 Å². The van der Waals surface area contributed by atoms with Crippen LogP contribution in [0.4, 0.5) is 17.5 Å². The van der Waals surface area contributed by atoms with Crippen molar-refractivity contribution < 1.29 is 4.74 Å². The van der Waals surface area contributed by atoms with Crippen LogP contribution in [-0.2, 0) is 4.74 Å². The quantitative estimate of drug-likeness (QED) is 0.666. The lowest BCUT2D eigenvalue weighted by Crippen LogP contribution is -2.55. The fourth-order valence-corrected chi connectivity index (χ4v) is 2.00. The molecule has 1 unspecified atom stereocenters. The number of aromatic amines is 1. The maximum atomic E-state index is 11.9. The highest BCUT2D eigenvalue weighted by Crippen LogP contribution is 2.29. The van der Waals surface area contributed by atoms with E-state index in [2.05, 4.69) is 20.6 Å². The van der Waals surface area contributed by atoms with Crippen LogP contribution in [0.5, 0.6) is 0 Å². The number of anilines is 3. The van der Waals surface area contributed by atoms with Gasteiger partial charge in [0.2, 0.25) is 5.95 Å². The molecule has 1 aliphatic rings. The lowest BCUT2D eigenvalue weighted by molar-refractivity contribution is 0.0621. The summed E-state index contributed by atoms with van der Waals surface area (Å²) in [6, 6.07) is -0.0334. The van der Waals surface area contributed by atoms with Crippen molar-refractivity contribution >= 4 is 42.3 Å². The Balaban J connectivity index is 0.00000200. The average molecular weight is 340 g/mol. The summed E-state index contributed by atoms with van der Waals surface area (Å²) in [6.07, 6.45) is 0.141. The van der Waals surface area contributed by atoms with E-state index < -0.39 is 0 Å². The molecule has 0 bridgehead atoms. The Morgan fingerprint density at radius 3 is 2.57 bits per heavy atom. The van der Waals surface area contributed by atoms with Gasteiger partial charge in [-0.15, -0.1) is 24.8 Å². The number of fused-ring (bicyclic) bond motifs is 1. The minimum Gasteiger partial charge on any atom is -0.377 e. The summed E-state index contributed by atoms with van der Waals surface area (Å²) in [5.74, 6) is 0.581. The molecule has 21 heavy (non-hydrogen) atoms. The van der Waals surface area contributed by atoms with Gasteiger partial charge < -0.3 is 21.1 Å². The highest BCUT2D eigenvalue weighted by Gasteiger charge is 2.36. The first kappa shape index (κ1) is 19.8. The number of hydrogen-bond donors (Lipinski definition) is 4. The molecule has 5 N–H and O–H groups in total. The largest absolute Gasteiger partial charge is 0.377 e. The summed E-state index contributed by atoms with van der Waals surface area (Å²) in [6.45, 7) is 8.51. The Kier molecular flexibility index (Phi) is 6.79. The van der Waals surface area contributed by atoms with E-state index in [0.29, 0.717) is 18.1 Å². The molecule has 2 rings (SSSR count). The minimum atomic E-state index is -0.297. The van der Waals surface area contributed by atoms with E-state index >= 15 is 0 Å². The zero-order chi connectivity index (χ0) is 14.2. The van der Waals surface area contributed by atoms with Crippen molar-refractivity contribution in [3.05, 3.63) is 10.4 Å². The van der Waals surface area contributed by atoms with Gasteiger partial charge in [-0.05, 0) is 27.7 Å². The van der Waals surface area contributed by atoms with Crippen molar-refractivity contribution in [3.8, 4) is 0 Å².